The Hall–Kier alpha value is -1.77. The van der Waals surface area contributed by atoms with E-state index in [4.69, 9.17) is 5.11 Å². The summed E-state index contributed by atoms with van der Waals surface area (Å²) >= 11 is 0. The molecule has 3 heteroatoms. The quantitative estimate of drug-likeness (QED) is 0.640. The highest BCUT2D eigenvalue weighted by atomic mass is 16.4. The van der Waals surface area contributed by atoms with Crippen LogP contribution < -0.4 is 0 Å². The van der Waals surface area contributed by atoms with Gasteiger partial charge in [-0.1, -0.05) is 18.2 Å². The van der Waals surface area contributed by atoms with Gasteiger partial charge in [-0.05, 0) is 12.1 Å². The van der Waals surface area contributed by atoms with E-state index in [0.717, 1.165) is 9.95 Å². The normalized spacial score (nSPS) is 10.3. The Morgan fingerprint density at radius 3 is 2.92 bits per heavy atom. The predicted molar refractivity (Wildman–Crippen MR) is 44.2 cm³/mol. The fourth-order valence-corrected chi connectivity index (χ4v) is 1.18. The molecule has 0 amide bonds. The van der Waals surface area contributed by atoms with Gasteiger partial charge in [0.1, 0.15) is 0 Å². The van der Waals surface area contributed by atoms with Gasteiger partial charge >= 0.3 is 6.09 Å². The molecular weight excluding hydrogens is 154 g/mol. The van der Waals surface area contributed by atoms with Crippen molar-refractivity contribution < 1.29 is 9.90 Å². The SMILES string of the molecule is O=C(O)n1[c]cc2ccccc21. The number of aromatic nitrogens is 1. The van der Waals surface area contributed by atoms with Crippen molar-refractivity contribution in [2.45, 2.75) is 0 Å². The van der Waals surface area contributed by atoms with Gasteiger partial charge in [-0.25, -0.2) is 9.36 Å². The molecular formula is C9H6NO2. The molecule has 1 heterocycles. The van der Waals surface area contributed by atoms with Crippen LogP contribution in [-0.2, 0) is 0 Å². The van der Waals surface area contributed by atoms with E-state index in [1.165, 1.54) is 0 Å². The molecule has 0 aliphatic carbocycles. The summed E-state index contributed by atoms with van der Waals surface area (Å²) in [6, 6.07) is 8.92. The minimum atomic E-state index is -1.00. The van der Waals surface area contributed by atoms with Gasteiger partial charge in [-0.2, -0.15) is 0 Å². The van der Waals surface area contributed by atoms with Gasteiger partial charge in [0.15, 0.2) is 0 Å². The van der Waals surface area contributed by atoms with Gasteiger partial charge in [0.25, 0.3) is 0 Å². The van der Waals surface area contributed by atoms with Crippen molar-refractivity contribution in [2.75, 3.05) is 0 Å². The lowest BCUT2D eigenvalue weighted by atomic mass is 10.2. The maximum atomic E-state index is 10.6. The molecule has 0 aliphatic rings. The summed E-state index contributed by atoms with van der Waals surface area (Å²) in [4.78, 5) is 10.6. The second-order valence-electron chi connectivity index (χ2n) is 2.45. The topological polar surface area (TPSA) is 42.2 Å². The molecule has 2 aromatic rings. The van der Waals surface area contributed by atoms with E-state index in [1.807, 2.05) is 12.1 Å². The zero-order chi connectivity index (χ0) is 8.55. The molecule has 0 fully saturated rings. The van der Waals surface area contributed by atoms with Crippen LogP contribution in [0.15, 0.2) is 30.3 Å². The van der Waals surface area contributed by atoms with Gasteiger partial charge in [-0.3, -0.25) is 0 Å². The Morgan fingerprint density at radius 1 is 1.42 bits per heavy atom. The third kappa shape index (κ3) is 0.871. The van der Waals surface area contributed by atoms with Gasteiger partial charge in [-0.15, -0.1) is 0 Å². The molecule has 0 saturated heterocycles. The number of fused-ring (bicyclic) bond motifs is 1. The fraction of sp³-hybridized carbons (Fsp3) is 0. The van der Waals surface area contributed by atoms with Crippen molar-refractivity contribution in [2.24, 2.45) is 0 Å². The molecule has 1 aromatic carbocycles. The first-order chi connectivity index (χ1) is 5.79. The summed E-state index contributed by atoms with van der Waals surface area (Å²) in [6.45, 7) is 0. The predicted octanol–water partition coefficient (Wildman–Crippen LogP) is 1.97. The van der Waals surface area contributed by atoms with Crippen LogP contribution in [0.3, 0.4) is 0 Å². The van der Waals surface area contributed by atoms with E-state index in [-0.39, 0.29) is 0 Å². The lowest BCUT2D eigenvalue weighted by molar-refractivity contribution is 0.197. The molecule has 59 valence electrons. The molecule has 3 nitrogen and oxygen atoms in total. The molecule has 2 rings (SSSR count). The Kier molecular flexibility index (Phi) is 1.37. The monoisotopic (exact) mass is 160 g/mol. The van der Waals surface area contributed by atoms with Gasteiger partial charge in [0, 0.05) is 5.39 Å². The smallest absolute Gasteiger partial charge is 0.416 e. The van der Waals surface area contributed by atoms with Crippen LogP contribution in [0.25, 0.3) is 10.9 Å². The largest absolute Gasteiger partial charge is 0.464 e. The Labute approximate surface area is 68.9 Å². The van der Waals surface area contributed by atoms with Crippen molar-refractivity contribution in [3.8, 4) is 0 Å². The van der Waals surface area contributed by atoms with Crippen LogP contribution in [0.4, 0.5) is 4.79 Å². The van der Waals surface area contributed by atoms with Crippen LogP contribution in [-0.4, -0.2) is 15.8 Å². The molecule has 0 unspecified atom stereocenters. The molecule has 12 heavy (non-hydrogen) atoms. The van der Waals surface area contributed by atoms with Gasteiger partial charge < -0.3 is 5.11 Å². The zero-order valence-electron chi connectivity index (χ0n) is 6.19. The first-order valence-corrected chi connectivity index (χ1v) is 3.50. The third-order valence-electron chi connectivity index (χ3n) is 1.72. The van der Waals surface area contributed by atoms with E-state index in [9.17, 15) is 4.79 Å². The number of hydrogen-bond donors (Lipinski definition) is 1. The van der Waals surface area contributed by atoms with Crippen molar-refractivity contribution in [1.82, 2.24) is 4.57 Å². The third-order valence-corrected chi connectivity index (χ3v) is 1.72. The number of para-hydroxylation sites is 1. The van der Waals surface area contributed by atoms with Crippen LogP contribution in [0.2, 0.25) is 0 Å². The number of rotatable bonds is 0. The van der Waals surface area contributed by atoms with Crippen LogP contribution in [0.5, 0.6) is 0 Å². The molecule has 1 aromatic heterocycles. The molecule has 0 saturated carbocycles. The number of hydrogen-bond acceptors (Lipinski definition) is 1. The Morgan fingerprint density at radius 2 is 2.17 bits per heavy atom. The van der Waals surface area contributed by atoms with Crippen LogP contribution in [0, 0.1) is 6.20 Å². The first kappa shape index (κ1) is 6.91. The minimum Gasteiger partial charge on any atom is -0.464 e. The number of benzene rings is 1. The molecule has 0 spiro atoms. The molecule has 0 atom stereocenters. The number of carboxylic acid groups (broad SMARTS) is 1. The highest BCUT2D eigenvalue weighted by Gasteiger charge is 2.04. The lowest BCUT2D eigenvalue weighted by Crippen LogP contribution is -2.05. The molecule has 1 N–H and O–H groups in total. The fourth-order valence-electron chi connectivity index (χ4n) is 1.18. The van der Waals surface area contributed by atoms with Gasteiger partial charge in [0.05, 0.1) is 11.7 Å². The van der Waals surface area contributed by atoms with Crippen molar-refractivity contribution in [3.63, 3.8) is 0 Å². The van der Waals surface area contributed by atoms with E-state index >= 15 is 0 Å². The first-order valence-electron chi connectivity index (χ1n) is 3.50. The molecule has 0 aliphatic heterocycles. The summed E-state index contributed by atoms with van der Waals surface area (Å²) in [5.74, 6) is 0. The zero-order valence-corrected chi connectivity index (χ0v) is 6.19. The highest BCUT2D eigenvalue weighted by molar-refractivity contribution is 5.88. The molecule has 0 bridgehead atoms. The van der Waals surface area contributed by atoms with Crippen molar-refractivity contribution >= 4 is 17.0 Å². The maximum absolute atomic E-state index is 10.6. The van der Waals surface area contributed by atoms with Crippen molar-refractivity contribution in [1.29, 1.82) is 0 Å². The van der Waals surface area contributed by atoms with E-state index in [1.54, 1.807) is 18.2 Å². The van der Waals surface area contributed by atoms with Crippen molar-refractivity contribution in [3.05, 3.63) is 36.5 Å². The Bertz CT molecular complexity index is 431. The molecule has 1 radical (unpaired) electrons. The Balaban J connectivity index is 2.79. The number of carbonyl (C=O) groups is 1. The standard InChI is InChI=1S/C9H6NO2/c11-9(12)10-6-5-7-3-1-2-4-8(7)10/h1-5H,(H,11,12). The summed E-state index contributed by atoms with van der Waals surface area (Å²) in [7, 11) is 0. The van der Waals surface area contributed by atoms with Crippen LogP contribution in [0.1, 0.15) is 0 Å². The van der Waals surface area contributed by atoms with Gasteiger partial charge in [0.2, 0.25) is 0 Å². The highest BCUT2D eigenvalue weighted by Crippen LogP contribution is 2.13. The van der Waals surface area contributed by atoms with E-state index in [0.29, 0.717) is 5.52 Å². The second kappa shape index (κ2) is 2.37. The maximum Gasteiger partial charge on any atom is 0.416 e. The van der Waals surface area contributed by atoms with Crippen LogP contribution >= 0.6 is 0 Å². The summed E-state index contributed by atoms with van der Waals surface area (Å²) < 4.78 is 1.08. The average Bonchev–Trinajstić information content (AvgIpc) is 2.47. The number of nitrogens with zero attached hydrogens (tertiary/aromatic N) is 1. The summed E-state index contributed by atoms with van der Waals surface area (Å²) in [5.41, 5.74) is 0.671. The summed E-state index contributed by atoms with van der Waals surface area (Å²) in [6.07, 6.45) is 1.63. The summed E-state index contributed by atoms with van der Waals surface area (Å²) in [5, 5.41) is 9.59. The average molecular weight is 160 g/mol. The van der Waals surface area contributed by atoms with E-state index in [2.05, 4.69) is 6.20 Å². The second-order valence-corrected chi connectivity index (χ2v) is 2.45. The van der Waals surface area contributed by atoms with E-state index < -0.39 is 6.09 Å². The minimum absolute atomic E-state index is 0.671. The lowest BCUT2D eigenvalue weighted by Gasteiger charge is -1.94.